The van der Waals surface area contributed by atoms with Gasteiger partial charge in [-0.3, -0.25) is 4.90 Å². The minimum atomic E-state index is -0.491. The average Bonchev–Trinajstić information content (AvgIpc) is 2.73. The highest BCUT2D eigenvalue weighted by Gasteiger charge is 2.33. The molecule has 2 heterocycles. The highest BCUT2D eigenvalue weighted by molar-refractivity contribution is 5.18. The monoisotopic (exact) mass is 382 g/mol. The lowest BCUT2D eigenvalue weighted by Gasteiger charge is -2.46. The fourth-order valence-corrected chi connectivity index (χ4v) is 4.79. The summed E-state index contributed by atoms with van der Waals surface area (Å²) in [4.78, 5) is 5.24. The van der Waals surface area contributed by atoms with Gasteiger partial charge < -0.3 is 10.0 Å². The number of halogens is 1. The van der Waals surface area contributed by atoms with Crippen LogP contribution in [0.25, 0.3) is 0 Å². The number of piperidine rings is 1. The van der Waals surface area contributed by atoms with E-state index in [0.717, 1.165) is 44.6 Å². The number of fused-ring (bicyclic) bond motifs is 1. The molecular weight excluding hydrogens is 351 g/mol. The van der Waals surface area contributed by atoms with Crippen molar-refractivity contribution in [3.05, 3.63) is 71.5 Å². The van der Waals surface area contributed by atoms with Crippen LogP contribution in [0.4, 0.5) is 4.39 Å². The van der Waals surface area contributed by atoms with Gasteiger partial charge in [0.2, 0.25) is 0 Å². The van der Waals surface area contributed by atoms with Gasteiger partial charge in [-0.1, -0.05) is 42.5 Å². The first-order chi connectivity index (χ1) is 13.7. The zero-order chi connectivity index (χ0) is 19.3. The standard InChI is InChI=1S/C24H31FN2O/c25-22-9-7-21(8-10-22)24(28)16-20-6-11-23-18-26(14-15-27(23)17-20)13-12-19-4-2-1-3-5-19/h1-5,7-10,20,23-24,28H,6,11-18H2/t20-,23+,24?/m0/s1. The summed E-state index contributed by atoms with van der Waals surface area (Å²) in [7, 11) is 0. The van der Waals surface area contributed by atoms with Crippen LogP contribution in [0.1, 0.15) is 36.5 Å². The van der Waals surface area contributed by atoms with Crippen molar-refractivity contribution in [1.82, 2.24) is 9.80 Å². The second-order valence-corrected chi connectivity index (χ2v) is 8.43. The zero-order valence-electron chi connectivity index (χ0n) is 16.5. The van der Waals surface area contributed by atoms with Crippen molar-refractivity contribution < 1.29 is 9.50 Å². The van der Waals surface area contributed by atoms with Crippen molar-refractivity contribution in [2.45, 2.75) is 37.8 Å². The van der Waals surface area contributed by atoms with Crippen molar-refractivity contribution in [3.8, 4) is 0 Å². The number of nitrogens with zero attached hydrogens (tertiary/aromatic N) is 2. The molecule has 0 amide bonds. The van der Waals surface area contributed by atoms with E-state index in [1.165, 1.54) is 37.1 Å². The van der Waals surface area contributed by atoms with E-state index >= 15 is 0 Å². The van der Waals surface area contributed by atoms with Crippen LogP contribution < -0.4 is 0 Å². The summed E-state index contributed by atoms with van der Waals surface area (Å²) in [5, 5.41) is 10.5. The van der Waals surface area contributed by atoms with Gasteiger partial charge >= 0.3 is 0 Å². The number of rotatable bonds is 6. The fraction of sp³-hybridized carbons (Fsp3) is 0.500. The van der Waals surface area contributed by atoms with Gasteiger partial charge in [-0.2, -0.15) is 0 Å². The SMILES string of the molecule is OC(C[C@@H]1CC[C@@H]2CN(CCc3ccccc3)CCN2C1)c1ccc(F)cc1. The van der Waals surface area contributed by atoms with Crippen molar-refractivity contribution in [1.29, 1.82) is 0 Å². The van der Waals surface area contributed by atoms with Crippen LogP contribution >= 0.6 is 0 Å². The maximum atomic E-state index is 13.1. The lowest BCUT2D eigenvalue weighted by molar-refractivity contribution is 0.0152. The first-order valence-electron chi connectivity index (χ1n) is 10.6. The third kappa shape index (κ3) is 4.99. The number of aliphatic hydroxyl groups excluding tert-OH is 1. The van der Waals surface area contributed by atoms with Crippen molar-refractivity contribution in [2.75, 3.05) is 32.7 Å². The van der Waals surface area contributed by atoms with E-state index in [2.05, 4.69) is 40.1 Å². The van der Waals surface area contributed by atoms with Gasteiger partial charge in [0.15, 0.2) is 0 Å². The van der Waals surface area contributed by atoms with Crippen LogP contribution in [0.2, 0.25) is 0 Å². The Morgan fingerprint density at radius 3 is 2.54 bits per heavy atom. The lowest BCUT2D eigenvalue weighted by Crippen LogP contribution is -2.56. The second kappa shape index (κ2) is 9.17. The maximum absolute atomic E-state index is 13.1. The minimum Gasteiger partial charge on any atom is -0.388 e. The first kappa shape index (κ1) is 19.6. The van der Waals surface area contributed by atoms with Crippen LogP contribution in [0.3, 0.4) is 0 Å². The molecule has 3 nitrogen and oxygen atoms in total. The van der Waals surface area contributed by atoms with Gasteiger partial charge in [0.1, 0.15) is 5.82 Å². The van der Waals surface area contributed by atoms with Gasteiger partial charge in [0.25, 0.3) is 0 Å². The Balaban J connectivity index is 1.24. The van der Waals surface area contributed by atoms with E-state index in [0.29, 0.717) is 12.0 Å². The molecule has 1 N–H and O–H groups in total. The smallest absolute Gasteiger partial charge is 0.123 e. The summed E-state index contributed by atoms with van der Waals surface area (Å²) >= 11 is 0. The summed E-state index contributed by atoms with van der Waals surface area (Å²) in [6, 6.07) is 17.7. The van der Waals surface area contributed by atoms with Crippen LogP contribution in [0.5, 0.6) is 0 Å². The molecule has 150 valence electrons. The van der Waals surface area contributed by atoms with E-state index in [9.17, 15) is 9.50 Å². The molecule has 2 aliphatic heterocycles. The molecule has 28 heavy (non-hydrogen) atoms. The van der Waals surface area contributed by atoms with E-state index in [1.807, 2.05) is 0 Å². The topological polar surface area (TPSA) is 26.7 Å². The molecule has 0 saturated carbocycles. The largest absolute Gasteiger partial charge is 0.388 e. The molecule has 3 atom stereocenters. The third-order valence-electron chi connectivity index (χ3n) is 6.46. The summed E-state index contributed by atoms with van der Waals surface area (Å²) in [5.41, 5.74) is 2.25. The Morgan fingerprint density at radius 2 is 1.75 bits per heavy atom. The Bertz CT molecular complexity index is 736. The summed E-state index contributed by atoms with van der Waals surface area (Å²) < 4.78 is 13.1. The molecule has 2 fully saturated rings. The molecule has 2 saturated heterocycles. The van der Waals surface area contributed by atoms with Crippen LogP contribution in [0.15, 0.2) is 54.6 Å². The Hall–Kier alpha value is -1.75. The predicted octanol–water partition coefficient (Wildman–Crippen LogP) is 3.89. The van der Waals surface area contributed by atoms with Gasteiger partial charge in [-0.05, 0) is 54.9 Å². The highest BCUT2D eigenvalue weighted by atomic mass is 19.1. The zero-order valence-corrected chi connectivity index (χ0v) is 16.5. The average molecular weight is 383 g/mol. The van der Waals surface area contributed by atoms with E-state index in [1.54, 1.807) is 12.1 Å². The molecule has 2 aromatic carbocycles. The highest BCUT2D eigenvalue weighted by Crippen LogP contribution is 2.31. The molecule has 1 unspecified atom stereocenters. The Kier molecular flexibility index (Phi) is 6.40. The molecule has 0 spiro atoms. The van der Waals surface area contributed by atoms with E-state index in [-0.39, 0.29) is 5.82 Å². The van der Waals surface area contributed by atoms with Gasteiger partial charge in [0.05, 0.1) is 6.10 Å². The third-order valence-corrected chi connectivity index (χ3v) is 6.46. The van der Waals surface area contributed by atoms with Gasteiger partial charge in [0, 0.05) is 38.8 Å². The summed E-state index contributed by atoms with van der Waals surface area (Å²) in [5.74, 6) is 0.272. The molecule has 4 rings (SSSR count). The molecule has 2 aromatic rings. The summed E-state index contributed by atoms with van der Waals surface area (Å²) in [6.45, 7) is 5.65. The van der Waals surface area contributed by atoms with Crippen LogP contribution in [-0.4, -0.2) is 53.7 Å². The molecule has 0 radical (unpaired) electrons. The van der Waals surface area contributed by atoms with Crippen molar-refractivity contribution in [2.24, 2.45) is 5.92 Å². The Labute approximate surface area is 167 Å². The van der Waals surface area contributed by atoms with Crippen LogP contribution in [-0.2, 0) is 6.42 Å². The fourth-order valence-electron chi connectivity index (χ4n) is 4.79. The number of aliphatic hydroxyl groups is 1. The molecule has 4 heteroatoms. The molecule has 2 aliphatic rings. The van der Waals surface area contributed by atoms with E-state index in [4.69, 9.17) is 0 Å². The van der Waals surface area contributed by atoms with Gasteiger partial charge in [-0.15, -0.1) is 0 Å². The number of hydrogen-bond donors (Lipinski definition) is 1. The van der Waals surface area contributed by atoms with Crippen molar-refractivity contribution >= 4 is 0 Å². The van der Waals surface area contributed by atoms with E-state index < -0.39 is 6.10 Å². The number of benzene rings is 2. The summed E-state index contributed by atoms with van der Waals surface area (Å²) in [6.07, 6.45) is 3.79. The quantitative estimate of drug-likeness (QED) is 0.821. The second-order valence-electron chi connectivity index (χ2n) is 8.43. The molecule has 0 bridgehead atoms. The van der Waals surface area contributed by atoms with Crippen molar-refractivity contribution in [3.63, 3.8) is 0 Å². The normalized spacial score (nSPS) is 24.6. The maximum Gasteiger partial charge on any atom is 0.123 e. The molecular formula is C24H31FN2O. The molecule has 0 aromatic heterocycles. The predicted molar refractivity (Wildman–Crippen MR) is 111 cm³/mol. The minimum absolute atomic E-state index is 0.249. The lowest BCUT2D eigenvalue weighted by atomic mass is 9.86. The first-order valence-corrected chi connectivity index (χ1v) is 10.6. The number of piperazine rings is 1. The van der Waals surface area contributed by atoms with Gasteiger partial charge in [-0.25, -0.2) is 4.39 Å². The number of hydrogen-bond acceptors (Lipinski definition) is 3. The Morgan fingerprint density at radius 1 is 0.964 bits per heavy atom. The molecule has 0 aliphatic carbocycles. The van der Waals surface area contributed by atoms with Crippen LogP contribution in [0, 0.1) is 11.7 Å².